The molecule has 1 nitrogen and oxygen atoms in total. The molecular formula is C33H33N. The summed E-state index contributed by atoms with van der Waals surface area (Å²) < 4.78 is 0. The van der Waals surface area contributed by atoms with Crippen LogP contribution in [0.2, 0.25) is 0 Å². The number of rotatable bonds is 6. The average molecular weight is 444 g/mol. The highest BCUT2D eigenvalue weighted by Crippen LogP contribution is 2.47. The first-order valence-electron chi connectivity index (χ1n) is 12.4. The van der Waals surface area contributed by atoms with Gasteiger partial charge < -0.3 is 5.32 Å². The van der Waals surface area contributed by atoms with E-state index in [0.717, 1.165) is 12.8 Å². The lowest BCUT2D eigenvalue weighted by Gasteiger charge is -2.39. The van der Waals surface area contributed by atoms with Gasteiger partial charge in [0.15, 0.2) is 0 Å². The van der Waals surface area contributed by atoms with Gasteiger partial charge in [-0.15, -0.1) is 0 Å². The van der Waals surface area contributed by atoms with Crippen molar-refractivity contribution in [2.45, 2.75) is 44.6 Å². The molecule has 0 bridgehead atoms. The molecule has 170 valence electrons. The van der Waals surface area contributed by atoms with Crippen molar-refractivity contribution in [3.05, 3.63) is 143 Å². The van der Waals surface area contributed by atoms with Crippen molar-refractivity contribution in [2.24, 2.45) is 0 Å². The minimum atomic E-state index is -0.414. The standard InChI is InChI=1S/C33H33N/c1-4-25-24-32(3,5-2)34-31-22-21-29(23-30(25)31)33(26-15-9-6-10-16-26,27-17-11-7-12-18-27)28-19-13-8-14-20-28/h6-24,34H,4-5H2,1-3H3. The highest BCUT2D eigenvalue weighted by atomic mass is 15.0. The molecule has 4 aromatic rings. The molecule has 1 unspecified atom stereocenters. The van der Waals surface area contributed by atoms with Gasteiger partial charge in [-0.05, 0) is 59.7 Å². The molecule has 1 aliphatic heterocycles. The Morgan fingerprint density at radius 1 is 0.647 bits per heavy atom. The van der Waals surface area contributed by atoms with Gasteiger partial charge >= 0.3 is 0 Å². The van der Waals surface area contributed by atoms with Gasteiger partial charge in [0.25, 0.3) is 0 Å². The Balaban J connectivity index is 1.83. The Bertz CT molecular complexity index is 1190. The Hall–Kier alpha value is -3.58. The molecule has 1 N–H and O–H groups in total. The second-order valence-electron chi connectivity index (χ2n) is 9.53. The minimum Gasteiger partial charge on any atom is -0.376 e. The topological polar surface area (TPSA) is 12.0 Å². The molecule has 34 heavy (non-hydrogen) atoms. The Morgan fingerprint density at radius 2 is 1.15 bits per heavy atom. The Labute approximate surface area is 204 Å². The first-order valence-corrected chi connectivity index (χ1v) is 12.4. The van der Waals surface area contributed by atoms with E-state index in [-0.39, 0.29) is 5.54 Å². The molecule has 0 saturated carbocycles. The summed E-state index contributed by atoms with van der Waals surface area (Å²) in [6.07, 6.45) is 4.51. The fraction of sp³-hybridized carbons (Fsp3) is 0.212. The van der Waals surface area contributed by atoms with E-state index in [2.05, 4.69) is 141 Å². The number of allylic oxidation sites excluding steroid dienone is 1. The predicted octanol–water partition coefficient (Wildman–Crippen LogP) is 8.46. The Morgan fingerprint density at radius 3 is 1.59 bits per heavy atom. The lowest BCUT2D eigenvalue weighted by atomic mass is 9.64. The van der Waals surface area contributed by atoms with Crippen LogP contribution < -0.4 is 5.32 Å². The Kier molecular flexibility index (Phi) is 5.87. The summed E-state index contributed by atoms with van der Waals surface area (Å²) in [7, 11) is 0. The van der Waals surface area contributed by atoms with Crippen molar-refractivity contribution in [2.75, 3.05) is 5.32 Å². The molecule has 1 aliphatic rings. The maximum absolute atomic E-state index is 3.81. The van der Waals surface area contributed by atoms with Crippen LogP contribution in [0.15, 0.2) is 115 Å². The lowest BCUT2D eigenvalue weighted by molar-refractivity contribution is 0.607. The van der Waals surface area contributed by atoms with Gasteiger partial charge in [-0.3, -0.25) is 0 Å². The van der Waals surface area contributed by atoms with Gasteiger partial charge in [0.05, 0.1) is 11.0 Å². The zero-order chi connectivity index (χ0) is 23.6. The van der Waals surface area contributed by atoms with Crippen LogP contribution >= 0.6 is 0 Å². The van der Waals surface area contributed by atoms with Gasteiger partial charge in [-0.1, -0.05) is 117 Å². The van der Waals surface area contributed by atoms with Crippen molar-refractivity contribution in [1.82, 2.24) is 0 Å². The molecule has 0 radical (unpaired) electrons. The van der Waals surface area contributed by atoms with Crippen molar-refractivity contribution < 1.29 is 0 Å². The molecule has 0 saturated heterocycles. The van der Waals surface area contributed by atoms with Gasteiger partial charge in [0, 0.05) is 11.3 Å². The smallest absolute Gasteiger partial charge is 0.0701 e. The van der Waals surface area contributed by atoms with Gasteiger partial charge in [0.2, 0.25) is 0 Å². The highest BCUT2D eigenvalue weighted by molar-refractivity contribution is 5.82. The predicted molar refractivity (Wildman–Crippen MR) is 145 cm³/mol. The summed E-state index contributed by atoms with van der Waals surface area (Å²) in [6, 6.07) is 39.9. The molecule has 1 heteroatoms. The highest BCUT2D eigenvalue weighted by Gasteiger charge is 2.39. The maximum atomic E-state index is 3.81. The quantitative estimate of drug-likeness (QED) is 0.295. The van der Waals surface area contributed by atoms with E-state index < -0.39 is 5.41 Å². The van der Waals surface area contributed by atoms with Crippen LogP contribution in [-0.2, 0) is 5.41 Å². The summed E-state index contributed by atoms with van der Waals surface area (Å²) in [6.45, 7) is 6.81. The summed E-state index contributed by atoms with van der Waals surface area (Å²) >= 11 is 0. The summed E-state index contributed by atoms with van der Waals surface area (Å²) in [5, 5.41) is 3.81. The van der Waals surface area contributed by atoms with Gasteiger partial charge in [-0.2, -0.15) is 0 Å². The normalized spacial score (nSPS) is 17.4. The fourth-order valence-electron chi connectivity index (χ4n) is 5.51. The number of fused-ring (bicyclic) bond motifs is 1. The van der Waals surface area contributed by atoms with E-state index in [0.29, 0.717) is 0 Å². The van der Waals surface area contributed by atoms with Gasteiger partial charge in [-0.25, -0.2) is 0 Å². The fourth-order valence-corrected chi connectivity index (χ4v) is 5.51. The lowest BCUT2D eigenvalue weighted by Crippen LogP contribution is -2.35. The third kappa shape index (κ3) is 3.66. The molecule has 0 aromatic heterocycles. The molecule has 1 heterocycles. The zero-order valence-corrected chi connectivity index (χ0v) is 20.4. The second-order valence-corrected chi connectivity index (χ2v) is 9.53. The average Bonchev–Trinajstić information content (AvgIpc) is 2.91. The first kappa shape index (κ1) is 22.2. The monoisotopic (exact) mass is 443 g/mol. The number of hydrogen-bond acceptors (Lipinski definition) is 1. The van der Waals surface area contributed by atoms with Crippen LogP contribution in [0.5, 0.6) is 0 Å². The van der Waals surface area contributed by atoms with E-state index >= 15 is 0 Å². The van der Waals surface area contributed by atoms with E-state index in [1.54, 1.807) is 0 Å². The number of nitrogens with one attached hydrogen (secondary N) is 1. The zero-order valence-electron chi connectivity index (χ0n) is 20.4. The van der Waals surface area contributed by atoms with Crippen LogP contribution in [0.3, 0.4) is 0 Å². The van der Waals surface area contributed by atoms with Crippen LogP contribution in [0.1, 0.15) is 61.4 Å². The number of anilines is 1. The van der Waals surface area contributed by atoms with E-state index in [1.165, 1.54) is 39.1 Å². The van der Waals surface area contributed by atoms with Crippen molar-refractivity contribution in [3.63, 3.8) is 0 Å². The van der Waals surface area contributed by atoms with Crippen LogP contribution in [-0.4, -0.2) is 5.54 Å². The molecule has 0 aliphatic carbocycles. The van der Waals surface area contributed by atoms with Crippen molar-refractivity contribution in [3.8, 4) is 0 Å². The molecule has 0 fully saturated rings. The van der Waals surface area contributed by atoms with Crippen molar-refractivity contribution >= 4 is 11.3 Å². The molecule has 5 rings (SSSR count). The minimum absolute atomic E-state index is 0.00472. The van der Waals surface area contributed by atoms with Crippen LogP contribution in [0, 0.1) is 0 Å². The SMILES string of the molecule is CCC1=CC(C)(CC)Nc2ccc(C(c3ccccc3)(c3ccccc3)c3ccccc3)cc21. The second kappa shape index (κ2) is 8.99. The number of benzene rings is 4. The summed E-state index contributed by atoms with van der Waals surface area (Å²) in [5.74, 6) is 0. The largest absolute Gasteiger partial charge is 0.376 e. The van der Waals surface area contributed by atoms with Crippen LogP contribution in [0.4, 0.5) is 5.69 Å². The van der Waals surface area contributed by atoms with E-state index in [1.807, 2.05) is 0 Å². The molecule has 1 atom stereocenters. The number of hydrogen-bond donors (Lipinski definition) is 1. The van der Waals surface area contributed by atoms with Crippen LogP contribution in [0.25, 0.3) is 5.57 Å². The van der Waals surface area contributed by atoms with E-state index in [4.69, 9.17) is 0 Å². The van der Waals surface area contributed by atoms with Gasteiger partial charge in [0.1, 0.15) is 0 Å². The van der Waals surface area contributed by atoms with Crippen molar-refractivity contribution in [1.29, 1.82) is 0 Å². The molecule has 0 amide bonds. The molecule has 0 spiro atoms. The summed E-state index contributed by atoms with van der Waals surface area (Å²) in [4.78, 5) is 0. The summed E-state index contributed by atoms with van der Waals surface area (Å²) in [5.41, 5.74) is 8.66. The first-order chi connectivity index (χ1) is 16.6. The molecule has 4 aromatic carbocycles. The maximum Gasteiger partial charge on any atom is 0.0701 e. The third-order valence-electron chi connectivity index (χ3n) is 7.45. The third-order valence-corrected chi connectivity index (χ3v) is 7.45. The molecular weight excluding hydrogens is 410 g/mol. The van der Waals surface area contributed by atoms with E-state index in [9.17, 15) is 0 Å².